The van der Waals surface area contributed by atoms with Crippen molar-refractivity contribution in [1.29, 1.82) is 0 Å². The Morgan fingerprint density at radius 3 is 1.67 bits per heavy atom. The normalized spacial score (nSPS) is 11.6. The zero-order valence-corrected chi connectivity index (χ0v) is 35.6. The summed E-state index contributed by atoms with van der Waals surface area (Å²) in [4.78, 5) is 15.1. The number of hydrogen-bond donors (Lipinski definition) is 0. The van der Waals surface area contributed by atoms with Crippen molar-refractivity contribution in [3.63, 3.8) is 0 Å². The molecule has 13 aromatic rings. The highest BCUT2D eigenvalue weighted by molar-refractivity contribution is 6.12. The van der Waals surface area contributed by atoms with Crippen molar-refractivity contribution < 1.29 is 4.42 Å². The maximum atomic E-state index is 6.60. The van der Waals surface area contributed by atoms with Gasteiger partial charge in [-0.05, 0) is 111 Å². The van der Waals surface area contributed by atoms with Crippen molar-refractivity contribution in [3.8, 4) is 73.2 Å². The third-order valence-electron chi connectivity index (χ3n) is 12.8. The summed E-state index contributed by atoms with van der Waals surface area (Å²) in [5.74, 6) is 1.81. The first-order chi connectivity index (χ1) is 32.7. The van der Waals surface area contributed by atoms with Gasteiger partial charge in [0.15, 0.2) is 17.5 Å². The van der Waals surface area contributed by atoms with Gasteiger partial charge in [-0.2, -0.15) is 0 Å². The van der Waals surface area contributed by atoms with Crippen LogP contribution in [0, 0.1) is 0 Å². The molecule has 0 radical (unpaired) electrons. The summed E-state index contributed by atoms with van der Waals surface area (Å²) in [5.41, 5.74) is 14.7. The van der Waals surface area contributed by atoms with E-state index in [1.807, 2.05) is 36.4 Å². The average Bonchev–Trinajstić information content (AvgIpc) is 3.93. The lowest BCUT2D eigenvalue weighted by atomic mass is 9.92. The number of para-hydroxylation sites is 2. The fourth-order valence-corrected chi connectivity index (χ4v) is 9.62. The van der Waals surface area contributed by atoms with Crippen LogP contribution in [0.2, 0.25) is 0 Å². The molecule has 3 aromatic heterocycles. The minimum atomic E-state index is 0.582. The van der Waals surface area contributed by atoms with Crippen LogP contribution in [0.25, 0.3) is 128 Å². The molecule has 0 amide bonds. The molecule has 10 aromatic carbocycles. The molecule has 0 aliphatic carbocycles. The van der Waals surface area contributed by atoms with Gasteiger partial charge < -0.3 is 8.98 Å². The molecule has 3 heterocycles. The molecule has 13 rings (SSSR count). The third-order valence-corrected chi connectivity index (χ3v) is 12.8. The largest absolute Gasteiger partial charge is 0.456 e. The molecular weight excluding hydrogens is 805 g/mol. The quantitative estimate of drug-likeness (QED) is 0.160. The molecule has 5 heteroatoms. The predicted molar refractivity (Wildman–Crippen MR) is 272 cm³/mol. The van der Waals surface area contributed by atoms with Crippen LogP contribution in [0.15, 0.2) is 235 Å². The number of nitrogens with zero attached hydrogens (tertiary/aromatic N) is 4. The summed E-state index contributed by atoms with van der Waals surface area (Å²) >= 11 is 0. The van der Waals surface area contributed by atoms with Crippen molar-refractivity contribution in [2.45, 2.75) is 0 Å². The van der Waals surface area contributed by atoms with Crippen LogP contribution >= 0.6 is 0 Å². The Kier molecular flexibility index (Phi) is 8.78. The Morgan fingerprint density at radius 1 is 0.288 bits per heavy atom. The van der Waals surface area contributed by atoms with Crippen LogP contribution in [0.5, 0.6) is 0 Å². The summed E-state index contributed by atoms with van der Waals surface area (Å²) in [6.07, 6.45) is 0. The molecule has 0 atom stereocenters. The first kappa shape index (κ1) is 37.6. The van der Waals surface area contributed by atoms with E-state index in [-0.39, 0.29) is 0 Å². The number of furan rings is 1. The number of aromatic nitrogens is 4. The van der Waals surface area contributed by atoms with Gasteiger partial charge in [-0.1, -0.05) is 164 Å². The number of rotatable bonds is 7. The topological polar surface area (TPSA) is 56.7 Å². The Bertz CT molecular complexity index is 3990. The first-order valence-corrected chi connectivity index (χ1v) is 22.2. The second-order valence-corrected chi connectivity index (χ2v) is 16.8. The van der Waals surface area contributed by atoms with E-state index in [2.05, 4.69) is 199 Å². The summed E-state index contributed by atoms with van der Waals surface area (Å²) < 4.78 is 8.99. The van der Waals surface area contributed by atoms with E-state index in [1.54, 1.807) is 0 Å². The summed E-state index contributed by atoms with van der Waals surface area (Å²) in [5, 5.41) is 6.97. The third kappa shape index (κ3) is 6.44. The van der Waals surface area contributed by atoms with Crippen molar-refractivity contribution in [2.24, 2.45) is 0 Å². The number of benzene rings is 10. The lowest BCUT2D eigenvalue weighted by Crippen LogP contribution is -2.00. The van der Waals surface area contributed by atoms with Gasteiger partial charge in [-0.3, -0.25) is 0 Å². The molecule has 0 fully saturated rings. The van der Waals surface area contributed by atoms with Gasteiger partial charge in [-0.15, -0.1) is 0 Å². The number of hydrogen-bond acceptors (Lipinski definition) is 4. The molecule has 308 valence electrons. The Balaban J connectivity index is 0.913. The molecule has 0 aliphatic rings. The zero-order valence-electron chi connectivity index (χ0n) is 35.6. The molecule has 0 N–H and O–H groups in total. The van der Waals surface area contributed by atoms with E-state index in [0.717, 1.165) is 66.6 Å². The van der Waals surface area contributed by atoms with Gasteiger partial charge in [0.1, 0.15) is 11.2 Å². The minimum Gasteiger partial charge on any atom is -0.456 e. The van der Waals surface area contributed by atoms with Crippen molar-refractivity contribution in [3.05, 3.63) is 231 Å². The molecule has 0 spiro atoms. The van der Waals surface area contributed by atoms with Gasteiger partial charge in [0.2, 0.25) is 0 Å². The molecule has 0 aliphatic heterocycles. The van der Waals surface area contributed by atoms with E-state index < -0.39 is 0 Å². The van der Waals surface area contributed by atoms with Crippen molar-refractivity contribution >= 4 is 54.5 Å². The first-order valence-electron chi connectivity index (χ1n) is 22.2. The van der Waals surface area contributed by atoms with Crippen LogP contribution in [-0.2, 0) is 0 Å². The zero-order chi connectivity index (χ0) is 43.6. The van der Waals surface area contributed by atoms with E-state index >= 15 is 0 Å². The Morgan fingerprint density at radius 2 is 0.864 bits per heavy atom. The highest BCUT2D eigenvalue weighted by Crippen LogP contribution is 2.41. The molecule has 66 heavy (non-hydrogen) atoms. The predicted octanol–water partition coefficient (Wildman–Crippen LogP) is 16.0. The van der Waals surface area contributed by atoms with Gasteiger partial charge in [0, 0.05) is 43.9 Å². The van der Waals surface area contributed by atoms with Crippen LogP contribution in [0.4, 0.5) is 0 Å². The molecular formula is C61H38N4O. The van der Waals surface area contributed by atoms with E-state index in [4.69, 9.17) is 19.4 Å². The molecule has 0 bridgehead atoms. The second kappa shape index (κ2) is 15.4. The molecule has 0 unspecified atom stereocenters. The van der Waals surface area contributed by atoms with Gasteiger partial charge in [-0.25, -0.2) is 15.0 Å². The summed E-state index contributed by atoms with van der Waals surface area (Å²) in [6, 6.07) is 81.3. The summed E-state index contributed by atoms with van der Waals surface area (Å²) in [7, 11) is 0. The standard InChI is InChI=1S/C61H38N4O/c1-4-15-39(16-5-1)41-20-14-21-45(33-41)60-62-59(40-17-6-2-7-18-40)63-61(64-60)46-28-31-52-54-35-42(29-32-57(54)66-58(52)38-46)47-34-43-19-10-11-24-49(43)53(36-47)44-27-30-51-50-25-12-13-26-55(50)65(56(51)37-44)48-22-8-3-9-23-48/h1-38H. The van der Waals surface area contributed by atoms with Gasteiger partial charge >= 0.3 is 0 Å². The van der Waals surface area contributed by atoms with Gasteiger partial charge in [0.05, 0.1) is 11.0 Å². The molecule has 5 nitrogen and oxygen atoms in total. The fourth-order valence-electron chi connectivity index (χ4n) is 9.62. The fraction of sp³-hybridized carbons (Fsp3) is 0. The van der Waals surface area contributed by atoms with Crippen molar-refractivity contribution in [2.75, 3.05) is 0 Å². The SMILES string of the molecule is c1ccc(-c2cccc(-c3nc(-c4ccccc4)nc(-c4ccc5c(c4)oc4ccc(-c6cc(-c7ccc8c9ccccc9n(-c9ccccc9)c8c7)c7ccccc7c6)cc45)n3)c2)cc1. The van der Waals surface area contributed by atoms with Crippen LogP contribution < -0.4 is 0 Å². The highest BCUT2D eigenvalue weighted by atomic mass is 16.3. The average molecular weight is 843 g/mol. The van der Waals surface area contributed by atoms with Gasteiger partial charge in [0.25, 0.3) is 0 Å². The van der Waals surface area contributed by atoms with Crippen LogP contribution in [0.1, 0.15) is 0 Å². The second-order valence-electron chi connectivity index (χ2n) is 16.8. The van der Waals surface area contributed by atoms with E-state index in [0.29, 0.717) is 17.5 Å². The minimum absolute atomic E-state index is 0.582. The Hall–Kier alpha value is -8.93. The highest BCUT2D eigenvalue weighted by Gasteiger charge is 2.18. The number of fused-ring (bicyclic) bond motifs is 7. The summed E-state index contributed by atoms with van der Waals surface area (Å²) in [6.45, 7) is 0. The van der Waals surface area contributed by atoms with Crippen LogP contribution in [0.3, 0.4) is 0 Å². The maximum absolute atomic E-state index is 6.60. The maximum Gasteiger partial charge on any atom is 0.164 e. The monoisotopic (exact) mass is 842 g/mol. The lowest BCUT2D eigenvalue weighted by molar-refractivity contribution is 0.669. The van der Waals surface area contributed by atoms with Crippen LogP contribution in [-0.4, -0.2) is 19.5 Å². The lowest BCUT2D eigenvalue weighted by Gasteiger charge is -2.13. The molecule has 0 saturated carbocycles. The van der Waals surface area contributed by atoms with E-state index in [9.17, 15) is 0 Å². The van der Waals surface area contributed by atoms with Crippen molar-refractivity contribution in [1.82, 2.24) is 19.5 Å². The van der Waals surface area contributed by atoms with E-state index in [1.165, 1.54) is 43.7 Å². The molecule has 0 saturated heterocycles. The Labute approximate surface area is 380 Å². The smallest absolute Gasteiger partial charge is 0.164 e.